The normalized spacial score (nSPS) is 14.6. The Hall–Kier alpha value is -3.60. The monoisotopic (exact) mass is 421 g/mol. The maximum atomic E-state index is 14.1. The SMILES string of the molecule is [2H]c1c([2H])c(C(=O)C(c2ccccc2)C(C(=O)Nc2ccccc2)C(=O)C(C)C)c([2H])c([2H])c1F. The van der Waals surface area contributed by atoms with Crippen LogP contribution in [0.2, 0.25) is 0 Å². The van der Waals surface area contributed by atoms with E-state index >= 15 is 0 Å². The Bertz CT molecular complexity index is 1240. The fourth-order valence-corrected chi connectivity index (χ4v) is 3.28. The van der Waals surface area contributed by atoms with E-state index < -0.39 is 70.8 Å². The largest absolute Gasteiger partial charge is 0.325 e. The van der Waals surface area contributed by atoms with Crippen molar-refractivity contribution in [2.24, 2.45) is 11.8 Å². The molecule has 3 aromatic rings. The molecule has 0 fully saturated rings. The molecule has 0 radical (unpaired) electrons. The molecule has 0 saturated heterocycles. The number of hydrogen-bond acceptors (Lipinski definition) is 3. The Labute approximate surface area is 186 Å². The predicted octanol–water partition coefficient (Wildman–Crippen LogP) is 5.27. The first-order valence-electron chi connectivity index (χ1n) is 11.8. The number of anilines is 1. The zero-order valence-electron chi connectivity index (χ0n) is 21.1. The molecule has 0 aliphatic rings. The summed E-state index contributed by atoms with van der Waals surface area (Å²) in [5, 5.41) is 2.66. The fraction of sp³-hybridized carbons (Fsp3) is 0.192. The minimum absolute atomic E-state index is 0.279. The van der Waals surface area contributed by atoms with Gasteiger partial charge in [0.1, 0.15) is 17.5 Å². The molecule has 31 heavy (non-hydrogen) atoms. The summed E-state index contributed by atoms with van der Waals surface area (Å²) in [5.74, 6) is -7.31. The van der Waals surface area contributed by atoms with Gasteiger partial charge < -0.3 is 5.32 Å². The van der Waals surface area contributed by atoms with E-state index in [2.05, 4.69) is 5.32 Å². The number of Topliss-reactive ketones (excluding diaryl/α,β-unsaturated/α-hetero) is 2. The number of carbonyl (C=O) groups is 3. The highest BCUT2D eigenvalue weighted by Crippen LogP contribution is 2.32. The van der Waals surface area contributed by atoms with Gasteiger partial charge in [0.15, 0.2) is 5.78 Å². The Morgan fingerprint density at radius 1 is 0.871 bits per heavy atom. The van der Waals surface area contributed by atoms with Crippen molar-refractivity contribution in [1.82, 2.24) is 0 Å². The molecule has 5 heteroatoms. The van der Waals surface area contributed by atoms with Crippen molar-refractivity contribution < 1.29 is 24.3 Å². The third-order valence-electron chi connectivity index (χ3n) is 4.81. The molecule has 0 heterocycles. The Morgan fingerprint density at radius 2 is 1.42 bits per heavy atom. The number of rotatable bonds is 8. The lowest BCUT2D eigenvalue weighted by Gasteiger charge is -2.26. The van der Waals surface area contributed by atoms with Crippen LogP contribution < -0.4 is 5.32 Å². The molecule has 158 valence electrons. The molecule has 2 atom stereocenters. The summed E-state index contributed by atoms with van der Waals surface area (Å²) in [7, 11) is 0. The van der Waals surface area contributed by atoms with Gasteiger partial charge in [-0.3, -0.25) is 14.4 Å². The molecule has 1 amide bonds. The van der Waals surface area contributed by atoms with E-state index in [9.17, 15) is 18.8 Å². The molecule has 3 aromatic carbocycles. The van der Waals surface area contributed by atoms with Gasteiger partial charge in [-0.25, -0.2) is 4.39 Å². The quantitative estimate of drug-likeness (QED) is 0.398. The Balaban J connectivity index is 2.23. The third kappa shape index (κ3) is 5.31. The van der Waals surface area contributed by atoms with Crippen LogP contribution in [0.4, 0.5) is 10.1 Å². The number of benzene rings is 3. The lowest BCUT2D eigenvalue weighted by molar-refractivity contribution is -0.133. The highest BCUT2D eigenvalue weighted by atomic mass is 19.1. The smallest absolute Gasteiger partial charge is 0.236 e. The highest BCUT2D eigenvalue weighted by molar-refractivity contribution is 6.14. The minimum Gasteiger partial charge on any atom is -0.325 e. The summed E-state index contributed by atoms with van der Waals surface area (Å²) in [6.07, 6.45) is 0. The first-order valence-corrected chi connectivity index (χ1v) is 9.80. The van der Waals surface area contributed by atoms with Crippen LogP contribution in [-0.2, 0) is 9.59 Å². The maximum absolute atomic E-state index is 14.1. The van der Waals surface area contributed by atoms with Crippen LogP contribution in [0.1, 0.15) is 41.2 Å². The number of para-hydroxylation sites is 1. The second-order valence-electron chi connectivity index (χ2n) is 7.33. The molecule has 0 bridgehead atoms. The van der Waals surface area contributed by atoms with Gasteiger partial charge in [-0.2, -0.15) is 0 Å². The molecular weight excluding hydrogens is 393 g/mol. The van der Waals surface area contributed by atoms with Crippen LogP contribution in [-0.4, -0.2) is 17.5 Å². The summed E-state index contributed by atoms with van der Waals surface area (Å²) < 4.78 is 46.0. The van der Waals surface area contributed by atoms with Crippen LogP contribution >= 0.6 is 0 Å². The molecule has 0 spiro atoms. The zero-order valence-corrected chi connectivity index (χ0v) is 17.1. The average molecular weight is 422 g/mol. The maximum Gasteiger partial charge on any atom is 0.236 e. The van der Waals surface area contributed by atoms with Gasteiger partial charge in [0.05, 0.1) is 11.4 Å². The number of hydrogen-bond donors (Lipinski definition) is 1. The zero-order chi connectivity index (χ0) is 25.9. The molecule has 0 aromatic heterocycles. The van der Waals surface area contributed by atoms with Gasteiger partial charge in [0.2, 0.25) is 5.91 Å². The van der Waals surface area contributed by atoms with Crippen molar-refractivity contribution >= 4 is 23.2 Å². The van der Waals surface area contributed by atoms with Crippen LogP contribution in [0.5, 0.6) is 0 Å². The number of ketones is 2. The lowest BCUT2D eigenvalue weighted by atomic mass is 9.75. The van der Waals surface area contributed by atoms with E-state index in [0.29, 0.717) is 5.69 Å². The van der Waals surface area contributed by atoms with E-state index in [-0.39, 0.29) is 5.56 Å². The van der Waals surface area contributed by atoms with Crippen molar-refractivity contribution in [3.63, 3.8) is 0 Å². The van der Waals surface area contributed by atoms with E-state index in [0.717, 1.165) is 0 Å². The van der Waals surface area contributed by atoms with Gasteiger partial charge in [-0.05, 0) is 41.9 Å². The number of carbonyl (C=O) groups excluding carboxylic acids is 3. The van der Waals surface area contributed by atoms with Gasteiger partial charge in [-0.1, -0.05) is 62.4 Å². The topological polar surface area (TPSA) is 63.2 Å². The van der Waals surface area contributed by atoms with E-state index in [1.807, 2.05) is 0 Å². The average Bonchev–Trinajstić information content (AvgIpc) is 2.85. The molecule has 1 N–H and O–H groups in total. The van der Waals surface area contributed by atoms with E-state index in [1.54, 1.807) is 74.5 Å². The molecule has 0 aliphatic carbocycles. The summed E-state index contributed by atoms with van der Waals surface area (Å²) in [5.41, 5.74) is 0.00886. The lowest BCUT2D eigenvalue weighted by Crippen LogP contribution is -2.40. The summed E-state index contributed by atoms with van der Waals surface area (Å²) in [6, 6.07) is 12.6. The second kappa shape index (κ2) is 9.94. The van der Waals surface area contributed by atoms with Crippen molar-refractivity contribution in [2.45, 2.75) is 19.8 Å². The van der Waals surface area contributed by atoms with Crippen molar-refractivity contribution in [3.05, 3.63) is 102 Å². The molecular formula is C26H24FNO3. The fourth-order valence-electron chi connectivity index (χ4n) is 3.28. The van der Waals surface area contributed by atoms with Gasteiger partial charge >= 0.3 is 0 Å². The Morgan fingerprint density at radius 3 is 1.97 bits per heavy atom. The van der Waals surface area contributed by atoms with Crippen LogP contribution in [0.3, 0.4) is 0 Å². The van der Waals surface area contributed by atoms with E-state index in [4.69, 9.17) is 5.48 Å². The number of amides is 1. The van der Waals surface area contributed by atoms with Crippen molar-refractivity contribution in [1.29, 1.82) is 0 Å². The van der Waals surface area contributed by atoms with Gasteiger partial charge in [0, 0.05) is 17.2 Å². The molecule has 4 nitrogen and oxygen atoms in total. The van der Waals surface area contributed by atoms with Crippen molar-refractivity contribution in [3.8, 4) is 0 Å². The first-order chi connectivity index (χ1) is 16.6. The third-order valence-corrected chi connectivity index (χ3v) is 4.81. The Kier molecular flexibility index (Phi) is 5.49. The summed E-state index contributed by atoms with van der Waals surface area (Å²) in [4.78, 5) is 40.7. The minimum atomic E-state index is -1.54. The molecule has 0 saturated carbocycles. The number of nitrogens with one attached hydrogen (secondary N) is 1. The highest BCUT2D eigenvalue weighted by Gasteiger charge is 2.41. The standard InChI is InChI=1S/C26H24FNO3/c1-17(2)24(29)23(26(31)28-21-11-7-4-8-12-21)22(18-9-5-3-6-10-18)25(30)19-13-15-20(27)16-14-19/h3-17,22-23H,1-2H3,(H,28,31)/i13D,14D,15D,16D. The first kappa shape index (κ1) is 17.1. The predicted molar refractivity (Wildman–Crippen MR) is 118 cm³/mol. The van der Waals surface area contributed by atoms with Gasteiger partial charge in [-0.15, -0.1) is 0 Å². The van der Waals surface area contributed by atoms with E-state index in [1.165, 1.54) is 0 Å². The van der Waals surface area contributed by atoms with Crippen LogP contribution in [0.15, 0.2) is 84.8 Å². The van der Waals surface area contributed by atoms with Crippen molar-refractivity contribution in [2.75, 3.05) is 5.32 Å². The molecule has 2 unspecified atom stereocenters. The molecule has 3 rings (SSSR count). The van der Waals surface area contributed by atoms with Crippen LogP contribution in [0, 0.1) is 17.7 Å². The summed E-state index contributed by atoms with van der Waals surface area (Å²) in [6.45, 7) is 3.18. The molecule has 0 aliphatic heterocycles. The second-order valence-corrected chi connectivity index (χ2v) is 7.33. The number of halogens is 1. The van der Waals surface area contributed by atoms with Crippen LogP contribution in [0.25, 0.3) is 0 Å². The summed E-state index contributed by atoms with van der Waals surface area (Å²) >= 11 is 0. The van der Waals surface area contributed by atoms with Gasteiger partial charge in [0.25, 0.3) is 0 Å².